The first-order chi connectivity index (χ1) is 15.8. The van der Waals surface area contributed by atoms with Crippen molar-refractivity contribution >= 4 is 27.1 Å². The molecular formula is C22H34N8O2S. The van der Waals surface area contributed by atoms with Gasteiger partial charge in [-0.3, -0.25) is 0 Å². The SMILES string of the molecule is CCCC(C#N)N(CCCN(C)C)S(=O)(=O)N1CCN(c2ncnc3[nH]ccc23)CC12CC2. The Balaban J connectivity index is 1.58. The zero-order valence-corrected chi connectivity index (χ0v) is 20.6. The number of aromatic nitrogens is 3. The number of nitriles is 1. The normalized spacial score (nSPS) is 19.5. The first-order valence-electron chi connectivity index (χ1n) is 11.7. The van der Waals surface area contributed by atoms with E-state index in [1.165, 1.54) is 4.31 Å². The van der Waals surface area contributed by atoms with Gasteiger partial charge in [0, 0.05) is 32.4 Å². The molecule has 1 unspecified atom stereocenters. The molecule has 2 fully saturated rings. The standard InChI is InChI=1S/C22H34N8O2S/c1-4-6-18(15-23)29(12-5-11-27(2)3)33(31,32)30-14-13-28(16-22(30)8-9-22)21-19-7-10-24-20(19)25-17-26-21/h7,10,17-18H,4-6,8-9,11-14,16H2,1-3H3,(H,24,25,26). The highest BCUT2D eigenvalue weighted by Crippen LogP contribution is 2.47. The lowest BCUT2D eigenvalue weighted by molar-refractivity contribution is 0.230. The number of rotatable bonds is 10. The molecule has 2 aromatic rings. The highest BCUT2D eigenvalue weighted by atomic mass is 32.2. The maximum atomic E-state index is 13.9. The van der Waals surface area contributed by atoms with E-state index < -0.39 is 21.8 Å². The van der Waals surface area contributed by atoms with Crippen LogP contribution in [0.2, 0.25) is 0 Å². The second-order valence-corrected chi connectivity index (χ2v) is 11.2. The maximum Gasteiger partial charge on any atom is 0.283 e. The summed E-state index contributed by atoms with van der Waals surface area (Å²) in [6.45, 7) is 4.64. The molecule has 2 aromatic heterocycles. The highest BCUT2D eigenvalue weighted by molar-refractivity contribution is 7.86. The van der Waals surface area contributed by atoms with Gasteiger partial charge in [0.1, 0.15) is 23.8 Å². The van der Waals surface area contributed by atoms with Crippen LogP contribution in [0.4, 0.5) is 5.82 Å². The second-order valence-electron chi connectivity index (χ2n) is 9.36. The highest BCUT2D eigenvalue weighted by Gasteiger charge is 2.57. The van der Waals surface area contributed by atoms with Gasteiger partial charge in [0.25, 0.3) is 10.2 Å². The van der Waals surface area contributed by atoms with Gasteiger partial charge < -0.3 is 14.8 Å². The van der Waals surface area contributed by atoms with Crippen LogP contribution in [0.5, 0.6) is 0 Å². The molecule has 1 atom stereocenters. The molecule has 2 aliphatic rings. The monoisotopic (exact) mass is 474 g/mol. The van der Waals surface area contributed by atoms with E-state index in [2.05, 4.69) is 25.9 Å². The Morgan fingerprint density at radius 2 is 2.06 bits per heavy atom. The molecule has 1 spiro atoms. The molecule has 10 nitrogen and oxygen atoms in total. The summed E-state index contributed by atoms with van der Waals surface area (Å²) < 4.78 is 31.0. The molecular weight excluding hydrogens is 440 g/mol. The molecule has 33 heavy (non-hydrogen) atoms. The van der Waals surface area contributed by atoms with Crippen molar-refractivity contribution in [1.82, 2.24) is 28.5 Å². The smallest absolute Gasteiger partial charge is 0.283 e. The Hall–Kier alpha value is -2.26. The molecule has 1 aliphatic carbocycles. The molecule has 1 saturated heterocycles. The van der Waals surface area contributed by atoms with Crippen LogP contribution in [-0.4, -0.2) is 95.3 Å². The van der Waals surface area contributed by atoms with Crippen LogP contribution in [0.25, 0.3) is 11.0 Å². The molecule has 0 aromatic carbocycles. The molecule has 0 bridgehead atoms. The largest absolute Gasteiger partial charge is 0.353 e. The van der Waals surface area contributed by atoms with Crippen molar-refractivity contribution in [1.29, 1.82) is 5.26 Å². The average molecular weight is 475 g/mol. The third-order valence-corrected chi connectivity index (χ3v) is 8.82. The van der Waals surface area contributed by atoms with E-state index in [0.29, 0.717) is 39.0 Å². The number of H-pyrrole nitrogens is 1. The van der Waals surface area contributed by atoms with Gasteiger partial charge in [0.05, 0.1) is 17.0 Å². The lowest BCUT2D eigenvalue weighted by Crippen LogP contribution is -2.61. The van der Waals surface area contributed by atoms with Crippen LogP contribution in [-0.2, 0) is 10.2 Å². The van der Waals surface area contributed by atoms with Crippen molar-refractivity contribution in [3.05, 3.63) is 18.6 Å². The fraction of sp³-hybridized carbons (Fsp3) is 0.682. The van der Waals surface area contributed by atoms with Crippen molar-refractivity contribution in [2.24, 2.45) is 0 Å². The van der Waals surface area contributed by atoms with E-state index in [-0.39, 0.29) is 0 Å². The van der Waals surface area contributed by atoms with Crippen molar-refractivity contribution in [2.45, 2.75) is 50.6 Å². The van der Waals surface area contributed by atoms with Crippen molar-refractivity contribution in [3.8, 4) is 6.07 Å². The average Bonchev–Trinajstić information content (AvgIpc) is 3.35. The number of piperazine rings is 1. The van der Waals surface area contributed by atoms with E-state index in [1.807, 2.05) is 38.2 Å². The van der Waals surface area contributed by atoms with Gasteiger partial charge in [-0.15, -0.1) is 0 Å². The summed E-state index contributed by atoms with van der Waals surface area (Å²) in [5, 5.41) is 10.8. The van der Waals surface area contributed by atoms with Gasteiger partial charge in [-0.25, -0.2) is 9.97 Å². The fourth-order valence-corrected chi connectivity index (χ4v) is 6.94. The van der Waals surface area contributed by atoms with E-state index >= 15 is 0 Å². The maximum absolute atomic E-state index is 13.9. The number of nitrogens with zero attached hydrogens (tertiary/aromatic N) is 7. The summed E-state index contributed by atoms with van der Waals surface area (Å²) in [6, 6.07) is 3.58. The molecule has 0 radical (unpaired) electrons. The Morgan fingerprint density at radius 1 is 1.27 bits per heavy atom. The van der Waals surface area contributed by atoms with Crippen LogP contribution < -0.4 is 4.90 Å². The summed E-state index contributed by atoms with van der Waals surface area (Å²) in [5.74, 6) is 0.841. The van der Waals surface area contributed by atoms with Crippen molar-refractivity contribution in [3.63, 3.8) is 0 Å². The number of hydrogen-bond acceptors (Lipinski definition) is 7. The van der Waals surface area contributed by atoms with Crippen molar-refractivity contribution < 1.29 is 8.42 Å². The number of aromatic amines is 1. The topological polar surface area (TPSA) is 112 Å². The minimum atomic E-state index is -3.78. The molecule has 1 aliphatic heterocycles. The molecule has 1 N–H and O–H groups in total. The van der Waals surface area contributed by atoms with Crippen LogP contribution in [0.1, 0.15) is 39.0 Å². The Morgan fingerprint density at radius 3 is 2.73 bits per heavy atom. The van der Waals surface area contributed by atoms with Gasteiger partial charge in [0.15, 0.2) is 0 Å². The molecule has 1 saturated carbocycles. The predicted octanol–water partition coefficient (Wildman–Crippen LogP) is 1.80. The van der Waals surface area contributed by atoms with Crippen LogP contribution >= 0.6 is 0 Å². The fourth-order valence-electron chi connectivity index (χ4n) is 4.81. The van der Waals surface area contributed by atoms with Gasteiger partial charge in [-0.2, -0.15) is 22.3 Å². The summed E-state index contributed by atoms with van der Waals surface area (Å²) >= 11 is 0. The number of hydrogen-bond donors (Lipinski definition) is 1. The van der Waals surface area contributed by atoms with E-state index in [0.717, 1.165) is 42.7 Å². The first-order valence-corrected chi connectivity index (χ1v) is 13.1. The first kappa shape index (κ1) is 23.9. The Kier molecular flexibility index (Phi) is 6.91. The Labute approximate surface area is 196 Å². The minimum Gasteiger partial charge on any atom is -0.353 e. The summed E-state index contributed by atoms with van der Waals surface area (Å²) in [4.78, 5) is 16.1. The molecule has 0 amide bonds. The molecule has 11 heteroatoms. The van der Waals surface area contributed by atoms with Crippen molar-refractivity contribution in [2.75, 3.05) is 51.7 Å². The van der Waals surface area contributed by atoms with Gasteiger partial charge in [-0.1, -0.05) is 13.3 Å². The number of nitrogens with one attached hydrogen (secondary N) is 1. The third-order valence-electron chi connectivity index (χ3n) is 6.66. The van der Waals surface area contributed by atoms with Crippen LogP contribution in [0, 0.1) is 11.3 Å². The Bertz CT molecular complexity index is 1110. The van der Waals surface area contributed by atoms with Gasteiger partial charge in [0.2, 0.25) is 0 Å². The van der Waals surface area contributed by atoms with Gasteiger partial charge in [-0.05, 0) is 52.4 Å². The zero-order chi connectivity index (χ0) is 23.6. The van der Waals surface area contributed by atoms with E-state index in [4.69, 9.17) is 0 Å². The third kappa shape index (κ3) is 4.71. The summed E-state index contributed by atoms with van der Waals surface area (Å²) in [7, 11) is 0.166. The van der Waals surface area contributed by atoms with E-state index in [9.17, 15) is 13.7 Å². The number of anilines is 1. The molecule has 3 heterocycles. The van der Waals surface area contributed by atoms with Crippen LogP contribution in [0.3, 0.4) is 0 Å². The minimum absolute atomic E-state index is 0.352. The lowest BCUT2D eigenvalue weighted by Gasteiger charge is -2.44. The summed E-state index contributed by atoms with van der Waals surface area (Å²) in [6.07, 6.45) is 7.02. The second kappa shape index (κ2) is 9.54. The molecule has 4 rings (SSSR count). The lowest BCUT2D eigenvalue weighted by atomic mass is 10.2. The molecule has 180 valence electrons. The number of fused-ring (bicyclic) bond motifs is 1. The quantitative estimate of drug-likeness (QED) is 0.559. The van der Waals surface area contributed by atoms with E-state index in [1.54, 1.807) is 10.6 Å². The zero-order valence-electron chi connectivity index (χ0n) is 19.7. The predicted molar refractivity (Wildman–Crippen MR) is 128 cm³/mol. The summed E-state index contributed by atoms with van der Waals surface area (Å²) in [5.41, 5.74) is 0.347. The van der Waals surface area contributed by atoms with Crippen LogP contribution in [0.15, 0.2) is 18.6 Å². The van der Waals surface area contributed by atoms with Gasteiger partial charge >= 0.3 is 0 Å².